The first kappa shape index (κ1) is 6.85. The van der Waals surface area contributed by atoms with Gasteiger partial charge in [0.1, 0.15) is 0 Å². The van der Waals surface area contributed by atoms with Gasteiger partial charge in [0, 0.05) is 30.9 Å². The van der Waals surface area contributed by atoms with Crippen LogP contribution in [0.25, 0.3) is 0 Å². The molecule has 2 rings (SSSR count). The van der Waals surface area contributed by atoms with E-state index in [2.05, 4.69) is 11.2 Å². The van der Waals surface area contributed by atoms with E-state index in [1.807, 2.05) is 17.9 Å². The molecule has 1 heterocycles. The molecule has 1 aliphatic rings. The van der Waals surface area contributed by atoms with E-state index in [9.17, 15) is 0 Å². The van der Waals surface area contributed by atoms with Crippen LogP contribution in [0.2, 0.25) is 0 Å². The van der Waals surface area contributed by atoms with Crippen molar-refractivity contribution in [2.45, 2.75) is 18.3 Å². The van der Waals surface area contributed by atoms with Crippen LogP contribution in [0.1, 0.15) is 18.5 Å². The average molecular weight is 151 g/mol. The first-order valence-electron chi connectivity index (χ1n) is 3.97. The van der Waals surface area contributed by atoms with E-state index in [1.54, 1.807) is 0 Å². The second kappa shape index (κ2) is 2.08. The van der Waals surface area contributed by atoms with Gasteiger partial charge in [-0.25, -0.2) is 0 Å². The number of hydrogen-bond donors (Lipinski definition) is 1. The van der Waals surface area contributed by atoms with Gasteiger partial charge in [0.15, 0.2) is 0 Å². The molecule has 0 amide bonds. The van der Waals surface area contributed by atoms with Crippen LogP contribution in [0.3, 0.4) is 0 Å². The van der Waals surface area contributed by atoms with Crippen molar-refractivity contribution in [3.8, 4) is 0 Å². The number of nitrogens with zero attached hydrogens (tertiary/aromatic N) is 2. The van der Waals surface area contributed by atoms with Crippen LogP contribution in [0.15, 0.2) is 12.3 Å². The molecule has 1 aliphatic carbocycles. The van der Waals surface area contributed by atoms with Gasteiger partial charge < -0.3 is 5.73 Å². The summed E-state index contributed by atoms with van der Waals surface area (Å²) in [6.45, 7) is 0.756. The summed E-state index contributed by atoms with van der Waals surface area (Å²) in [5, 5.41) is 4.13. The number of aromatic nitrogens is 2. The summed E-state index contributed by atoms with van der Waals surface area (Å²) in [6.07, 6.45) is 4.29. The molecule has 0 aliphatic heterocycles. The van der Waals surface area contributed by atoms with Crippen molar-refractivity contribution in [2.75, 3.05) is 6.54 Å². The third kappa shape index (κ3) is 0.878. The maximum absolute atomic E-state index is 5.69. The highest BCUT2D eigenvalue weighted by Crippen LogP contribution is 2.46. The number of nitrogens with two attached hydrogens (primary N) is 1. The van der Waals surface area contributed by atoms with Gasteiger partial charge >= 0.3 is 0 Å². The minimum absolute atomic E-state index is 0.283. The average Bonchev–Trinajstić information content (AvgIpc) is 2.70. The van der Waals surface area contributed by atoms with Crippen molar-refractivity contribution < 1.29 is 0 Å². The van der Waals surface area contributed by atoms with Crippen molar-refractivity contribution in [1.82, 2.24) is 9.78 Å². The van der Waals surface area contributed by atoms with Gasteiger partial charge in [-0.3, -0.25) is 4.68 Å². The van der Waals surface area contributed by atoms with Crippen LogP contribution in [0.4, 0.5) is 0 Å². The van der Waals surface area contributed by atoms with E-state index < -0.39 is 0 Å². The minimum Gasteiger partial charge on any atom is -0.330 e. The Morgan fingerprint density at radius 1 is 1.73 bits per heavy atom. The van der Waals surface area contributed by atoms with E-state index in [4.69, 9.17) is 5.73 Å². The van der Waals surface area contributed by atoms with Gasteiger partial charge in [-0.2, -0.15) is 5.10 Å². The lowest BCUT2D eigenvalue weighted by atomic mass is 10.0. The molecule has 0 spiro atoms. The molecule has 1 aromatic heterocycles. The van der Waals surface area contributed by atoms with Crippen molar-refractivity contribution in [3.63, 3.8) is 0 Å². The van der Waals surface area contributed by atoms with Gasteiger partial charge in [0.2, 0.25) is 0 Å². The molecule has 1 saturated carbocycles. The van der Waals surface area contributed by atoms with Crippen LogP contribution in [-0.4, -0.2) is 16.3 Å². The molecule has 2 N–H and O–H groups in total. The monoisotopic (exact) mass is 151 g/mol. The van der Waals surface area contributed by atoms with Gasteiger partial charge in [0.05, 0.1) is 0 Å². The number of rotatable bonds is 2. The molecule has 1 aromatic rings. The molecule has 60 valence electrons. The van der Waals surface area contributed by atoms with E-state index >= 15 is 0 Å². The molecule has 0 atom stereocenters. The minimum atomic E-state index is 0.283. The summed E-state index contributed by atoms with van der Waals surface area (Å²) < 4.78 is 1.93. The fraction of sp³-hybridized carbons (Fsp3) is 0.625. The fourth-order valence-electron chi connectivity index (χ4n) is 1.61. The van der Waals surface area contributed by atoms with Crippen LogP contribution in [-0.2, 0) is 12.5 Å². The summed E-state index contributed by atoms with van der Waals surface area (Å²) in [5.41, 5.74) is 7.26. The Labute approximate surface area is 66.2 Å². The molecular weight excluding hydrogens is 138 g/mol. The first-order valence-corrected chi connectivity index (χ1v) is 3.97. The quantitative estimate of drug-likeness (QED) is 0.665. The lowest BCUT2D eigenvalue weighted by molar-refractivity contribution is 0.602. The SMILES string of the molecule is Cn1nccc1C1(CN)CC1. The molecule has 0 bridgehead atoms. The normalized spacial score (nSPS) is 20.2. The summed E-state index contributed by atoms with van der Waals surface area (Å²) in [6, 6.07) is 2.07. The van der Waals surface area contributed by atoms with Gasteiger partial charge in [-0.15, -0.1) is 0 Å². The maximum atomic E-state index is 5.69. The molecule has 1 fully saturated rings. The van der Waals surface area contributed by atoms with Crippen molar-refractivity contribution in [2.24, 2.45) is 12.8 Å². The van der Waals surface area contributed by atoms with Gasteiger partial charge in [-0.1, -0.05) is 0 Å². The summed E-state index contributed by atoms with van der Waals surface area (Å²) in [4.78, 5) is 0. The zero-order valence-corrected chi connectivity index (χ0v) is 6.75. The Morgan fingerprint density at radius 2 is 2.45 bits per heavy atom. The van der Waals surface area contributed by atoms with E-state index in [0.717, 1.165) is 6.54 Å². The highest BCUT2D eigenvalue weighted by molar-refractivity contribution is 5.24. The van der Waals surface area contributed by atoms with E-state index in [1.165, 1.54) is 18.5 Å². The highest BCUT2D eigenvalue weighted by Gasteiger charge is 2.44. The predicted molar refractivity (Wildman–Crippen MR) is 43.2 cm³/mol. The first-order chi connectivity index (χ1) is 5.28. The second-order valence-corrected chi connectivity index (χ2v) is 3.32. The molecule has 0 unspecified atom stereocenters. The van der Waals surface area contributed by atoms with Gasteiger partial charge in [-0.05, 0) is 18.9 Å². The van der Waals surface area contributed by atoms with E-state index in [-0.39, 0.29) is 5.41 Å². The Hall–Kier alpha value is -0.830. The lowest BCUT2D eigenvalue weighted by Crippen LogP contribution is -2.22. The molecular formula is C8H13N3. The largest absolute Gasteiger partial charge is 0.330 e. The maximum Gasteiger partial charge on any atom is 0.0492 e. The van der Waals surface area contributed by atoms with Crippen molar-refractivity contribution in [1.29, 1.82) is 0 Å². The van der Waals surface area contributed by atoms with Crippen LogP contribution >= 0.6 is 0 Å². The molecule has 0 saturated heterocycles. The van der Waals surface area contributed by atoms with Crippen molar-refractivity contribution >= 4 is 0 Å². The zero-order chi connectivity index (χ0) is 7.90. The Morgan fingerprint density at radius 3 is 2.82 bits per heavy atom. The Bertz CT molecular complexity index is 260. The lowest BCUT2D eigenvalue weighted by Gasteiger charge is -2.11. The molecule has 11 heavy (non-hydrogen) atoms. The molecule has 3 heteroatoms. The Kier molecular flexibility index (Phi) is 1.29. The molecule has 0 aromatic carbocycles. The molecule has 0 radical (unpaired) electrons. The zero-order valence-electron chi connectivity index (χ0n) is 6.75. The van der Waals surface area contributed by atoms with Crippen molar-refractivity contribution in [3.05, 3.63) is 18.0 Å². The van der Waals surface area contributed by atoms with Crippen LogP contribution in [0.5, 0.6) is 0 Å². The standard InChI is InChI=1S/C8H13N3/c1-11-7(2-5-10-11)8(6-9)3-4-8/h2,5H,3-4,6,9H2,1H3. The topological polar surface area (TPSA) is 43.8 Å². The third-order valence-electron chi connectivity index (χ3n) is 2.61. The number of aryl methyl sites for hydroxylation is 1. The molecule has 3 nitrogen and oxygen atoms in total. The Balaban J connectivity index is 2.35. The second-order valence-electron chi connectivity index (χ2n) is 3.32. The van der Waals surface area contributed by atoms with Gasteiger partial charge in [0.25, 0.3) is 0 Å². The summed E-state index contributed by atoms with van der Waals surface area (Å²) in [5.74, 6) is 0. The number of hydrogen-bond acceptors (Lipinski definition) is 2. The third-order valence-corrected chi connectivity index (χ3v) is 2.61. The smallest absolute Gasteiger partial charge is 0.0492 e. The fourth-order valence-corrected chi connectivity index (χ4v) is 1.61. The highest BCUT2D eigenvalue weighted by atomic mass is 15.3. The summed E-state index contributed by atoms with van der Waals surface area (Å²) in [7, 11) is 1.98. The predicted octanol–water partition coefficient (Wildman–Crippen LogP) is 0.410. The van der Waals surface area contributed by atoms with E-state index in [0.29, 0.717) is 0 Å². The van der Waals surface area contributed by atoms with Crippen LogP contribution in [0, 0.1) is 0 Å². The summed E-state index contributed by atoms with van der Waals surface area (Å²) >= 11 is 0. The van der Waals surface area contributed by atoms with Crippen LogP contribution < -0.4 is 5.73 Å².